The van der Waals surface area contributed by atoms with Crippen molar-refractivity contribution in [1.82, 2.24) is 9.62 Å². The van der Waals surface area contributed by atoms with Crippen LogP contribution in [0.2, 0.25) is 5.02 Å². The maximum atomic E-state index is 12.9. The first-order valence-corrected chi connectivity index (χ1v) is 15.9. The van der Waals surface area contributed by atoms with Gasteiger partial charge in [-0.05, 0) is 68.1 Å². The Balaban J connectivity index is 1.59. The summed E-state index contributed by atoms with van der Waals surface area (Å²) >= 11 is 6.20. The van der Waals surface area contributed by atoms with Crippen molar-refractivity contribution in [1.29, 1.82) is 0 Å². The van der Waals surface area contributed by atoms with E-state index in [-0.39, 0.29) is 24.5 Å². The number of hydrogen-bond donors (Lipinski definition) is 1. The number of sulfonamides is 2. The minimum absolute atomic E-state index is 0.121. The highest BCUT2D eigenvalue weighted by Gasteiger charge is 2.31. The fourth-order valence-electron chi connectivity index (χ4n) is 4.20. The molecule has 3 rings (SSSR count). The molecule has 0 unspecified atom stereocenters. The van der Waals surface area contributed by atoms with Gasteiger partial charge in [0.1, 0.15) is 18.4 Å². The van der Waals surface area contributed by atoms with Crippen molar-refractivity contribution < 1.29 is 26.4 Å². The molecule has 1 N–H and O–H groups in total. The summed E-state index contributed by atoms with van der Waals surface area (Å²) in [6.45, 7) is 4.86. The molecule has 2 aromatic rings. The molecule has 0 aliphatic carbocycles. The second-order valence-corrected chi connectivity index (χ2v) is 13.2. The molecule has 1 aliphatic heterocycles. The molecule has 0 aromatic heterocycles. The summed E-state index contributed by atoms with van der Waals surface area (Å²) in [7, 11) is -7.29. The molecule has 12 heteroatoms. The minimum Gasteiger partial charge on any atom is -0.492 e. The normalized spacial score (nSPS) is 15.7. The molecule has 0 spiro atoms. The smallest absolute Gasteiger partial charge is 0.244 e. The highest BCUT2D eigenvalue weighted by molar-refractivity contribution is 7.92. The first-order chi connectivity index (χ1) is 17.4. The van der Waals surface area contributed by atoms with Crippen molar-refractivity contribution in [3.05, 3.63) is 53.1 Å². The molecule has 1 heterocycles. The summed E-state index contributed by atoms with van der Waals surface area (Å²) in [6, 6.07) is 10.1. The number of carbonyl (C=O) groups is 1. The molecular formula is C25H34ClN3O6S2. The molecule has 1 saturated heterocycles. The maximum absolute atomic E-state index is 12.9. The summed E-state index contributed by atoms with van der Waals surface area (Å²) < 4.78 is 58.9. The van der Waals surface area contributed by atoms with Crippen molar-refractivity contribution >= 4 is 43.2 Å². The molecule has 9 nitrogen and oxygen atoms in total. The number of nitrogens with zero attached hydrogens (tertiary/aromatic N) is 2. The third kappa shape index (κ3) is 7.37. The summed E-state index contributed by atoms with van der Waals surface area (Å²) in [5.74, 6) is 0.00198. The van der Waals surface area contributed by atoms with Gasteiger partial charge in [0, 0.05) is 18.1 Å². The molecule has 0 saturated carbocycles. The number of piperidine rings is 1. The Morgan fingerprint density at radius 3 is 2.30 bits per heavy atom. The second-order valence-electron chi connectivity index (χ2n) is 8.99. The van der Waals surface area contributed by atoms with Crippen LogP contribution in [0.1, 0.15) is 38.2 Å². The summed E-state index contributed by atoms with van der Waals surface area (Å²) in [5.41, 5.74) is 1.11. The number of hydrogen-bond acceptors (Lipinski definition) is 6. The van der Waals surface area contributed by atoms with E-state index in [1.165, 1.54) is 22.5 Å². The van der Waals surface area contributed by atoms with E-state index >= 15 is 0 Å². The second kappa shape index (κ2) is 12.5. The van der Waals surface area contributed by atoms with Gasteiger partial charge in [0.05, 0.1) is 23.4 Å². The van der Waals surface area contributed by atoms with E-state index in [4.69, 9.17) is 16.3 Å². The predicted octanol–water partition coefficient (Wildman–Crippen LogP) is 3.56. The van der Waals surface area contributed by atoms with Gasteiger partial charge in [0.15, 0.2) is 0 Å². The van der Waals surface area contributed by atoms with Crippen LogP contribution in [0, 0.1) is 6.92 Å². The third-order valence-electron chi connectivity index (χ3n) is 6.19. The van der Waals surface area contributed by atoms with E-state index < -0.39 is 32.0 Å². The number of ether oxygens (including phenoxy) is 1. The van der Waals surface area contributed by atoms with Gasteiger partial charge in [0.25, 0.3) is 0 Å². The van der Waals surface area contributed by atoms with Crippen molar-refractivity contribution in [2.45, 2.75) is 50.5 Å². The topological polar surface area (TPSA) is 113 Å². The number of halogens is 1. The zero-order valence-electron chi connectivity index (χ0n) is 21.3. The third-order valence-corrected chi connectivity index (χ3v) is 9.69. The fourth-order valence-corrected chi connectivity index (χ4v) is 7.10. The highest BCUT2D eigenvalue weighted by atomic mass is 35.5. The van der Waals surface area contributed by atoms with E-state index in [1.54, 1.807) is 31.2 Å². The van der Waals surface area contributed by atoms with Crippen LogP contribution < -0.4 is 14.4 Å². The van der Waals surface area contributed by atoms with Crippen LogP contribution in [-0.4, -0.2) is 65.6 Å². The van der Waals surface area contributed by atoms with Crippen molar-refractivity contribution in [2.75, 3.05) is 36.8 Å². The lowest BCUT2D eigenvalue weighted by Gasteiger charge is -2.30. The number of benzene rings is 2. The van der Waals surface area contributed by atoms with Crippen LogP contribution in [-0.2, 0) is 24.8 Å². The van der Waals surface area contributed by atoms with Gasteiger partial charge in [-0.25, -0.2) is 16.8 Å². The SMILES string of the molecule is CC[C@@H](C(=O)NCCOc1ccc(S(=O)(=O)N2CCCCC2)cc1)N(c1ccc(C)c(Cl)c1)S(C)(=O)=O. The van der Waals surface area contributed by atoms with E-state index in [0.717, 1.165) is 35.4 Å². The van der Waals surface area contributed by atoms with Gasteiger partial charge in [0.2, 0.25) is 26.0 Å². The van der Waals surface area contributed by atoms with Crippen LogP contribution in [0.5, 0.6) is 5.75 Å². The number of aryl methyl sites for hydroxylation is 1. The lowest BCUT2D eigenvalue weighted by Crippen LogP contribution is -2.50. The van der Waals surface area contributed by atoms with E-state index in [0.29, 0.717) is 29.5 Å². The lowest BCUT2D eigenvalue weighted by atomic mass is 10.1. The van der Waals surface area contributed by atoms with Gasteiger partial charge in [-0.1, -0.05) is 31.0 Å². The number of carbonyl (C=O) groups excluding carboxylic acids is 1. The molecule has 1 fully saturated rings. The van der Waals surface area contributed by atoms with Gasteiger partial charge in [-0.2, -0.15) is 4.31 Å². The van der Waals surface area contributed by atoms with Gasteiger partial charge in [-0.15, -0.1) is 0 Å². The van der Waals surface area contributed by atoms with Gasteiger partial charge < -0.3 is 10.1 Å². The van der Waals surface area contributed by atoms with Crippen molar-refractivity contribution in [3.8, 4) is 5.75 Å². The first kappa shape index (κ1) is 29.2. The van der Waals surface area contributed by atoms with Gasteiger partial charge in [-0.3, -0.25) is 9.10 Å². The molecule has 37 heavy (non-hydrogen) atoms. The van der Waals surface area contributed by atoms with E-state index in [2.05, 4.69) is 5.32 Å². The maximum Gasteiger partial charge on any atom is 0.244 e. The average molecular weight is 572 g/mol. The van der Waals surface area contributed by atoms with E-state index in [9.17, 15) is 21.6 Å². The molecule has 0 bridgehead atoms. The van der Waals surface area contributed by atoms with Crippen LogP contribution in [0.15, 0.2) is 47.4 Å². The Kier molecular flexibility index (Phi) is 9.85. The molecular weight excluding hydrogens is 538 g/mol. The molecule has 1 aliphatic rings. The number of nitrogens with one attached hydrogen (secondary N) is 1. The Morgan fingerprint density at radius 1 is 1.08 bits per heavy atom. The summed E-state index contributed by atoms with van der Waals surface area (Å²) in [4.78, 5) is 13.1. The standard InChI is InChI=1S/C25H34ClN3O6S2/c1-4-24(29(36(3,31)32)20-9-8-19(2)23(26)18-20)25(30)27-14-17-35-21-10-12-22(13-11-21)37(33,34)28-15-6-5-7-16-28/h8-13,18,24H,4-7,14-17H2,1-3H3,(H,27,30)/t24-/m0/s1. The lowest BCUT2D eigenvalue weighted by molar-refractivity contribution is -0.122. The Bertz CT molecular complexity index is 1290. The predicted molar refractivity (Wildman–Crippen MR) is 145 cm³/mol. The number of rotatable bonds is 11. The zero-order chi connectivity index (χ0) is 27.2. The molecule has 204 valence electrons. The monoisotopic (exact) mass is 571 g/mol. The molecule has 2 aromatic carbocycles. The Morgan fingerprint density at radius 2 is 1.73 bits per heavy atom. The van der Waals surface area contributed by atoms with Crippen molar-refractivity contribution in [3.63, 3.8) is 0 Å². The van der Waals surface area contributed by atoms with E-state index in [1.807, 2.05) is 6.92 Å². The molecule has 1 amide bonds. The van der Waals surface area contributed by atoms with Gasteiger partial charge >= 0.3 is 0 Å². The Labute approximate surface area is 224 Å². The van der Waals surface area contributed by atoms with Crippen LogP contribution in [0.25, 0.3) is 0 Å². The minimum atomic E-state index is -3.77. The van der Waals surface area contributed by atoms with Crippen LogP contribution >= 0.6 is 11.6 Å². The quantitative estimate of drug-likeness (QED) is 0.413. The highest BCUT2D eigenvalue weighted by Crippen LogP contribution is 2.28. The Hall–Kier alpha value is -2.34. The van der Waals surface area contributed by atoms with Crippen LogP contribution in [0.4, 0.5) is 5.69 Å². The van der Waals surface area contributed by atoms with Crippen molar-refractivity contribution in [2.24, 2.45) is 0 Å². The average Bonchev–Trinajstić information content (AvgIpc) is 2.87. The largest absolute Gasteiger partial charge is 0.492 e. The first-order valence-electron chi connectivity index (χ1n) is 12.2. The number of amides is 1. The summed E-state index contributed by atoms with van der Waals surface area (Å²) in [5, 5.41) is 3.13. The zero-order valence-corrected chi connectivity index (χ0v) is 23.7. The number of anilines is 1. The molecule has 1 atom stereocenters. The van der Waals surface area contributed by atoms with Crippen LogP contribution in [0.3, 0.4) is 0 Å². The molecule has 0 radical (unpaired) electrons. The fraction of sp³-hybridized carbons (Fsp3) is 0.480. The summed E-state index contributed by atoms with van der Waals surface area (Å²) in [6.07, 6.45) is 4.07.